The smallest absolute Gasteiger partial charge is 0.224 e. The molecule has 34 heavy (non-hydrogen) atoms. The number of nitrogens with zero attached hydrogens (tertiary/aromatic N) is 3. The lowest BCUT2D eigenvalue weighted by Gasteiger charge is -2.11. The number of aryl methyl sites for hydroxylation is 2. The Balaban J connectivity index is 1.45. The highest BCUT2D eigenvalue weighted by Gasteiger charge is 2.17. The Morgan fingerprint density at radius 2 is 1.74 bits per heavy atom. The van der Waals surface area contributed by atoms with Crippen molar-refractivity contribution >= 4 is 46.6 Å². The molecule has 0 radical (unpaired) electrons. The number of rotatable bonds is 8. The lowest BCUT2D eigenvalue weighted by Crippen LogP contribution is -2.11. The standard InChI is InChI=1S/C26H24Cl2N4OS/c1-17-10-11-20(15-18(17)2)29-24(33)9-6-14-34-26-31-30-25(19-7-4-3-5-8-19)32(26)21-12-13-22(27)23(28)16-21/h3-5,7-8,10-13,15-16H,6,9,14H2,1-2H3,(H,29,33). The highest BCUT2D eigenvalue weighted by atomic mass is 35.5. The first-order valence-corrected chi connectivity index (χ1v) is 12.6. The summed E-state index contributed by atoms with van der Waals surface area (Å²) in [4.78, 5) is 12.4. The Kier molecular flexibility index (Phi) is 7.93. The molecular weight excluding hydrogens is 487 g/mol. The average Bonchev–Trinajstić information content (AvgIpc) is 3.25. The number of carbonyl (C=O) groups is 1. The number of aromatic nitrogens is 3. The van der Waals surface area contributed by atoms with Crippen molar-refractivity contribution in [3.8, 4) is 17.1 Å². The summed E-state index contributed by atoms with van der Waals surface area (Å²) in [6, 6.07) is 21.3. The van der Waals surface area contributed by atoms with Crippen LogP contribution in [0.3, 0.4) is 0 Å². The molecule has 1 N–H and O–H groups in total. The molecule has 174 valence electrons. The van der Waals surface area contributed by atoms with E-state index >= 15 is 0 Å². The molecule has 1 amide bonds. The van der Waals surface area contributed by atoms with Gasteiger partial charge >= 0.3 is 0 Å². The van der Waals surface area contributed by atoms with Gasteiger partial charge in [0.05, 0.1) is 15.7 Å². The SMILES string of the molecule is Cc1ccc(NC(=O)CCCSc2nnc(-c3ccccc3)n2-c2ccc(Cl)c(Cl)c2)cc1C. The molecule has 5 nitrogen and oxygen atoms in total. The fourth-order valence-corrected chi connectivity index (χ4v) is 4.62. The summed E-state index contributed by atoms with van der Waals surface area (Å²) in [7, 11) is 0. The average molecular weight is 511 g/mol. The van der Waals surface area contributed by atoms with E-state index in [9.17, 15) is 4.79 Å². The molecule has 4 aromatic rings. The van der Waals surface area contributed by atoms with Gasteiger partial charge in [0.25, 0.3) is 0 Å². The molecule has 0 aliphatic carbocycles. The number of carbonyl (C=O) groups excluding carboxylic acids is 1. The van der Waals surface area contributed by atoms with E-state index in [-0.39, 0.29) is 5.91 Å². The third kappa shape index (κ3) is 5.81. The summed E-state index contributed by atoms with van der Waals surface area (Å²) in [6.45, 7) is 4.09. The predicted octanol–water partition coefficient (Wildman–Crippen LogP) is 7.37. The zero-order valence-electron chi connectivity index (χ0n) is 18.9. The zero-order chi connectivity index (χ0) is 24.1. The van der Waals surface area contributed by atoms with Crippen molar-refractivity contribution in [2.24, 2.45) is 0 Å². The second-order valence-corrected chi connectivity index (χ2v) is 9.78. The fourth-order valence-electron chi connectivity index (χ4n) is 3.43. The van der Waals surface area contributed by atoms with Crippen LogP contribution in [0.5, 0.6) is 0 Å². The molecule has 0 aliphatic heterocycles. The Morgan fingerprint density at radius 3 is 2.47 bits per heavy atom. The second-order valence-electron chi connectivity index (χ2n) is 7.91. The summed E-state index contributed by atoms with van der Waals surface area (Å²) in [5, 5.41) is 13.5. The van der Waals surface area contributed by atoms with Crippen LogP contribution in [-0.2, 0) is 4.79 Å². The van der Waals surface area contributed by atoms with E-state index in [0.29, 0.717) is 34.5 Å². The van der Waals surface area contributed by atoms with Crippen molar-refractivity contribution in [2.75, 3.05) is 11.1 Å². The van der Waals surface area contributed by atoms with Crippen LogP contribution in [0.4, 0.5) is 5.69 Å². The highest BCUT2D eigenvalue weighted by Crippen LogP contribution is 2.31. The molecule has 4 rings (SSSR count). The Morgan fingerprint density at radius 1 is 0.941 bits per heavy atom. The largest absolute Gasteiger partial charge is 0.326 e. The van der Waals surface area contributed by atoms with Crippen molar-refractivity contribution in [3.05, 3.63) is 87.9 Å². The van der Waals surface area contributed by atoms with Crippen molar-refractivity contribution in [1.82, 2.24) is 14.8 Å². The number of hydrogen-bond donors (Lipinski definition) is 1. The van der Waals surface area contributed by atoms with Crippen LogP contribution >= 0.6 is 35.0 Å². The maximum absolute atomic E-state index is 12.4. The highest BCUT2D eigenvalue weighted by molar-refractivity contribution is 7.99. The fraction of sp³-hybridized carbons (Fsp3) is 0.192. The molecule has 0 saturated heterocycles. The van der Waals surface area contributed by atoms with E-state index in [1.165, 1.54) is 5.56 Å². The molecule has 0 saturated carbocycles. The molecule has 1 aromatic heterocycles. The Hall–Kier alpha value is -2.80. The van der Waals surface area contributed by atoms with E-state index in [1.54, 1.807) is 23.9 Å². The molecule has 0 unspecified atom stereocenters. The topological polar surface area (TPSA) is 59.8 Å². The van der Waals surface area contributed by atoms with E-state index in [4.69, 9.17) is 23.2 Å². The third-order valence-corrected chi connectivity index (χ3v) is 7.15. The molecule has 0 spiro atoms. The van der Waals surface area contributed by atoms with Crippen molar-refractivity contribution in [1.29, 1.82) is 0 Å². The summed E-state index contributed by atoms with van der Waals surface area (Å²) in [5.41, 5.74) is 4.96. The van der Waals surface area contributed by atoms with Gasteiger partial charge in [-0.3, -0.25) is 9.36 Å². The van der Waals surface area contributed by atoms with Gasteiger partial charge in [-0.05, 0) is 61.7 Å². The minimum Gasteiger partial charge on any atom is -0.326 e. The molecule has 0 fully saturated rings. The summed E-state index contributed by atoms with van der Waals surface area (Å²) >= 11 is 14.0. The van der Waals surface area contributed by atoms with Crippen LogP contribution in [0.1, 0.15) is 24.0 Å². The van der Waals surface area contributed by atoms with Crippen molar-refractivity contribution in [2.45, 2.75) is 31.8 Å². The minimum atomic E-state index is -0.000206. The molecule has 0 aliphatic rings. The first kappa shape index (κ1) is 24.3. The van der Waals surface area contributed by atoms with Crippen molar-refractivity contribution < 1.29 is 4.79 Å². The quantitative estimate of drug-likeness (QED) is 0.198. The zero-order valence-corrected chi connectivity index (χ0v) is 21.2. The second kappa shape index (κ2) is 11.1. The summed E-state index contributed by atoms with van der Waals surface area (Å²) < 4.78 is 1.97. The monoisotopic (exact) mass is 510 g/mol. The maximum atomic E-state index is 12.4. The van der Waals surface area contributed by atoms with Crippen LogP contribution in [0, 0.1) is 13.8 Å². The van der Waals surface area contributed by atoms with Crippen LogP contribution in [-0.4, -0.2) is 26.4 Å². The maximum Gasteiger partial charge on any atom is 0.224 e. The van der Waals surface area contributed by atoms with Gasteiger partial charge in [0, 0.05) is 23.4 Å². The van der Waals surface area contributed by atoms with E-state index in [0.717, 1.165) is 27.7 Å². The number of anilines is 1. The van der Waals surface area contributed by atoms with Gasteiger partial charge in [0.15, 0.2) is 11.0 Å². The number of hydrogen-bond acceptors (Lipinski definition) is 4. The summed E-state index contributed by atoms with van der Waals surface area (Å²) in [5.74, 6) is 1.43. The number of benzene rings is 3. The van der Waals surface area contributed by atoms with E-state index in [1.807, 2.05) is 66.1 Å². The Bertz CT molecular complexity index is 1310. The van der Waals surface area contributed by atoms with Gasteiger partial charge in [0.1, 0.15) is 0 Å². The third-order valence-electron chi connectivity index (χ3n) is 5.40. The van der Waals surface area contributed by atoms with Crippen LogP contribution in [0.25, 0.3) is 17.1 Å². The van der Waals surface area contributed by atoms with Crippen LogP contribution in [0.15, 0.2) is 71.9 Å². The van der Waals surface area contributed by atoms with Gasteiger partial charge in [-0.25, -0.2) is 0 Å². The molecule has 0 bridgehead atoms. The number of amides is 1. The first-order chi connectivity index (χ1) is 16.4. The van der Waals surface area contributed by atoms with E-state index in [2.05, 4.69) is 22.4 Å². The Labute approximate surface area is 213 Å². The number of thioether (sulfide) groups is 1. The predicted molar refractivity (Wildman–Crippen MR) is 141 cm³/mol. The molecular formula is C26H24Cl2N4OS. The molecule has 8 heteroatoms. The normalized spacial score (nSPS) is 10.9. The number of nitrogens with one attached hydrogen (secondary N) is 1. The van der Waals surface area contributed by atoms with Gasteiger partial charge in [-0.15, -0.1) is 10.2 Å². The molecule has 0 atom stereocenters. The molecule has 3 aromatic carbocycles. The van der Waals surface area contributed by atoms with Gasteiger partial charge in [-0.2, -0.15) is 0 Å². The van der Waals surface area contributed by atoms with Crippen LogP contribution in [0.2, 0.25) is 10.0 Å². The van der Waals surface area contributed by atoms with Gasteiger partial charge in [0.2, 0.25) is 5.91 Å². The lowest BCUT2D eigenvalue weighted by atomic mass is 10.1. The van der Waals surface area contributed by atoms with Gasteiger partial charge < -0.3 is 5.32 Å². The van der Waals surface area contributed by atoms with Gasteiger partial charge in [-0.1, -0.05) is 71.4 Å². The van der Waals surface area contributed by atoms with Crippen molar-refractivity contribution in [3.63, 3.8) is 0 Å². The minimum absolute atomic E-state index is 0.000206. The van der Waals surface area contributed by atoms with Crippen LogP contribution < -0.4 is 5.32 Å². The number of halogens is 2. The lowest BCUT2D eigenvalue weighted by molar-refractivity contribution is -0.116. The molecule has 1 heterocycles. The summed E-state index contributed by atoms with van der Waals surface area (Å²) in [6.07, 6.45) is 1.13. The first-order valence-electron chi connectivity index (χ1n) is 10.9. The van der Waals surface area contributed by atoms with E-state index < -0.39 is 0 Å².